The molecule has 4 rings (SSSR count). The van der Waals surface area contributed by atoms with Crippen LogP contribution in [0.4, 0.5) is 10.5 Å². The van der Waals surface area contributed by atoms with Gasteiger partial charge in [0.2, 0.25) is 0 Å². The van der Waals surface area contributed by atoms with Crippen molar-refractivity contribution in [2.45, 2.75) is 26.4 Å². The van der Waals surface area contributed by atoms with Gasteiger partial charge < -0.3 is 10.2 Å². The van der Waals surface area contributed by atoms with E-state index in [1.807, 2.05) is 41.3 Å². The van der Waals surface area contributed by atoms with E-state index in [2.05, 4.69) is 24.4 Å². The Bertz CT molecular complexity index is 1100. The Morgan fingerprint density at radius 2 is 1.69 bits per heavy atom. The molecule has 0 bridgehead atoms. The molecule has 32 heavy (non-hydrogen) atoms. The second-order valence-corrected chi connectivity index (χ2v) is 8.43. The van der Waals surface area contributed by atoms with Gasteiger partial charge in [-0.1, -0.05) is 48.0 Å². The van der Waals surface area contributed by atoms with Gasteiger partial charge in [-0.25, -0.2) is 4.79 Å². The van der Waals surface area contributed by atoms with Gasteiger partial charge in [0.25, 0.3) is 5.91 Å². The average Bonchev–Trinajstić information content (AvgIpc) is 2.81. The van der Waals surface area contributed by atoms with Gasteiger partial charge in [0.05, 0.1) is 0 Å². The summed E-state index contributed by atoms with van der Waals surface area (Å²) in [6, 6.07) is 22.7. The molecule has 0 aliphatic carbocycles. The summed E-state index contributed by atoms with van der Waals surface area (Å²) in [4.78, 5) is 29.3. The molecule has 1 fully saturated rings. The van der Waals surface area contributed by atoms with Crippen LogP contribution < -0.4 is 10.2 Å². The molecule has 1 N–H and O–H groups in total. The van der Waals surface area contributed by atoms with Crippen LogP contribution in [-0.4, -0.2) is 29.9 Å². The van der Waals surface area contributed by atoms with Crippen molar-refractivity contribution in [3.05, 3.63) is 100 Å². The summed E-state index contributed by atoms with van der Waals surface area (Å²) in [7, 11) is 0. The van der Waals surface area contributed by atoms with Crippen molar-refractivity contribution >= 4 is 29.2 Å². The molecule has 1 heterocycles. The van der Waals surface area contributed by atoms with Crippen LogP contribution in [-0.2, 0) is 13.1 Å². The van der Waals surface area contributed by atoms with Crippen molar-refractivity contribution in [1.29, 1.82) is 0 Å². The van der Waals surface area contributed by atoms with Crippen LogP contribution in [0.2, 0.25) is 5.02 Å². The molecule has 5 nitrogen and oxygen atoms in total. The van der Waals surface area contributed by atoms with Crippen LogP contribution in [0.1, 0.15) is 33.5 Å². The summed E-state index contributed by atoms with van der Waals surface area (Å²) < 4.78 is 0. The molecule has 0 saturated carbocycles. The molecule has 6 heteroatoms. The summed E-state index contributed by atoms with van der Waals surface area (Å²) in [5, 5.41) is 3.58. The summed E-state index contributed by atoms with van der Waals surface area (Å²) >= 11 is 5.90. The van der Waals surface area contributed by atoms with Crippen LogP contribution in [0.5, 0.6) is 0 Å². The normalized spacial score (nSPS) is 13.9. The van der Waals surface area contributed by atoms with Gasteiger partial charge in [-0.15, -0.1) is 0 Å². The fraction of sp³-hybridized carbons (Fsp3) is 0.231. The molecule has 1 aliphatic heterocycles. The van der Waals surface area contributed by atoms with Crippen molar-refractivity contribution in [3.8, 4) is 0 Å². The summed E-state index contributed by atoms with van der Waals surface area (Å²) in [6.45, 7) is 4.52. The first-order chi connectivity index (χ1) is 15.5. The number of carbonyl (C=O) groups is 2. The predicted octanol–water partition coefficient (Wildman–Crippen LogP) is 5.41. The summed E-state index contributed by atoms with van der Waals surface area (Å²) in [5.41, 5.74) is 4.69. The quantitative estimate of drug-likeness (QED) is 0.549. The van der Waals surface area contributed by atoms with Crippen LogP contribution >= 0.6 is 11.6 Å². The van der Waals surface area contributed by atoms with E-state index in [-0.39, 0.29) is 11.9 Å². The zero-order valence-electron chi connectivity index (χ0n) is 18.1. The maximum Gasteiger partial charge on any atom is 0.324 e. The number of benzene rings is 3. The maximum atomic E-state index is 13.1. The summed E-state index contributed by atoms with van der Waals surface area (Å²) in [6.07, 6.45) is 0.904. The molecule has 1 saturated heterocycles. The minimum absolute atomic E-state index is 0.000516. The number of urea groups is 1. The minimum atomic E-state index is -0.155. The van der Waals surface area contributed by atoms with Crippen molar-refractivity contribution in [2.75, 3.05) is 18.0 Å². The smallest absolute Gasteiger partial charge is 0.324 e. The third-order valence-corrected chi connectivity index (χ3v) is 5.99. The van der Waals surface area contributed by atoms with Crippen molar-refractivity contribution in [3.63, 3.8) is 0 Å². The Morgan fingerprint density at radius 3 is 2.41 bits per heavy atom. The maximum absolute atomic E-state index is 13.1. The van der Waals surface area contributed by atoms with Gasteiger partial charge in [0.15, 0.2) is 0 Å². The highest BCUT2D eigenvalue weighted by Gasteiger charge is 2.27. The molecule has 3 amide bonds. The number of nitrogens with zero attached hydrogens (tertiary/aromatic N) is 2. The second kappa shape index (κ2) is 9.88. The fourth-order valence-electron chi connectivity index (χ4n) is 3.84. The summed E-state index contributed by atoms with van der Waals surface area (Å²) in [5.74, 6) is -0.155. The first kappa shape index (κ1) is 21.9. The monoisotopic (exact) mass is 447 g/mol. The average molecular weight is 448 g/mol. The van der Waals surface area contributed by atoms with E-state index in [0.717, 1.165) is 29.8 Å². The highest BCUT2D eigenvalue weighted by atomic mass is 35.5. The molecule has 0 spiro atoms. The van der Waals surface area contributed by atoms with Crippen molar-refractivity contribution in [2.24, 2.45) is 0 Å². The van der Waals surface area contributed by atoms with Crippen LogP contribution in [0, 0.1) is 6.92 Å². The number of halogens is 1. The second-order valence-electron chi connectivity index (χ2n) is 7.99. The van der Waals surface area contributed by atoms with Gasteiger partial charge >= 0.3 is 6.03 Å². The molecule has 1 aliphatic rings. The molecular formula is C26H26ClN3O2. The van der Waals surface area contributed by atoms with Gasteiger partial charge in [0.1, 0.15) is 0 Å². The number of anilines is 1. The van der Waals surface area contributed by atoms with E-state index in [1.165, 1.54) is 5.56 Å². The van der Waals surface area contributed by atoms with Gasteiger partial charge in [-0.05, 0) is 66.4 Å². The molecule has 0 radical (unpaired) electrons. The van der Waals surface area contributed by atoms with E-state index >= 15 is 0 Å². The third-order valence-electron chi connectivity index (χ3n) is 5.74. The zero-order valence-corrected chi connectivity index (χ0v) is 18.8. The largest absolute Gasteiger partial charge is 0.348 e. The number of amides is 3. The molecule has 3 aromatic carbocycles. The van der Waals surface area contributed by atoms with Gasteiger partial charge in [0, 0.05) is 42.5 Å². The van der Waals surface area contributed by atoms with Crippen LogP contribution in [0.3, 0.4) is 0 Å². The zero-order chi connectivity index (χ0) is 22.5. The van der Waals surface area contributed by atoms with Crippen molar-refractivity contribution < 1.29 is 9.59 Å². The minimum Gasteiger partial charge on any atom is -0.348 e. The topological polar surface area (TPSA) is 52.6 Å². The molecule has 3 aromatic rings. The molecule has 0 atom stereocenters. The highest BCUT2D eigenvalue weighted by Crippen LogP contribution is 2.23. The lowest BCUT2D eigenvalue weighted by Crippen LogP contribution is -2.49. The Kier molecular flexibility index (Phi) is 6.76. The van der Waals surface area contributed by atoms with Gasteiger partial charge in [-0.2, -0.15) is 0 Å². The Morgan fingerprint density at radius 1 is 0.969 bits per heavy atom. The fourth-order valence-corrected chi connectivity index (χ4v) is 3.97. The molecule has 0 unspecified atom stereocenters. The Balaban J connectivity index is 1.39. The number of carbonyl (C=O) groups excluding carboxylic acids is 2. The van der Waals surface area contributed by atoms with Crippen LogP contribution in [0.25, 0.3) is 0 Å². The van der Waals surface area contributed by atoms with E-state index in [9.17, 15) is 9.59 Å². The molecule has 164 valence electrons. The lowest BCUT2D eigenvalue weighted by atomic mass is 10.1. The SMILES string of the molecule is Cc1ccccc1CN1CCCN(c2ccc(C(=O)NCc3ccc(Cl)cc3)cc2)C1=O. The van der Waals surface area contributed by atoms with Gasteiger partial charge in [-0.3, -0.25) is 9.69 Å². The standard InChI is InChI=1S/C26H26ClN3O2/c1-19-5-2-3-6-22(19)18-29-15-4-16-30(26(29)32)24-13-9-21(10-14-24)25(31)28-17-20-7-11-23(27)12-8-20/h2-3,5-14H,4,15-18H2,1H3,(H,28,31). The third kappa shape index (κ3) is 5.11. The first-order valence-electron chi connectivity index (χ1n) is 10.7. The van der Waals surface area contributed by atoms with E-state index in [1.54, 1.807) is 29.2 Å². The number of aryl methyl sites for hydroxylation is 1. The Hall–Kier alpha value is -3.31. The number of hydrogen-bond donors (Lipinski definition) is 1. The number of rotatable bonds is 6. The predicted molar refractivity (Wildman–Crippen MR) is 128 cm³/mol. The molecular weight excluding hydrogens is 422 g/mol. The lowest BCUT2D eigenvalue weighted by Gasteiger charge is -2.36. The lowest BCUT2D eigenvalue weighted by molar-refractivity contribution is 0.0951. The van der Waals surface area contributed by atoms with Crippen molar-refractivity contribution in [1.82, 2.24) is 10.2 Å². The molecule has 0 aromatic heterocycles. The highest BCUT2D eigenvalue weighted by molar-refractivity contribution is 6.30. The Labute approximate surface area is 193 Å². The van der Waals surface area contributed by atoms with E-state index in [0.29, 0.717) is 30.2 Å². The number of hydrogen-bond acceptors (Lipinski definition) is 2. The van der Waals surface area contributed by atoms with Crippen LogP contribution in [0.15, 0.2) is 72.8 Å². The van der Waals surface area contributed by atoms with E-state index < -0.39 is 0 Å². The number of nitrogens with one attached hydrogen (secondary N) is 1. The first-order valence-corrected chi connectivity index (χ1v) is 11.1. The van der Waals surface area contributed by atoms with E-state index in [4.69, 9.17) is 11.6 Å².